The summed E-state index contributed by atoms with van der Waals surface area (Å²) >= 11 is 1.38. The van der Waals surface area contributed by atoms with Crippen molar-refractivity contribution in [2.75, 3.05) is 18.4 Å². The number of thioether (sulfide) groups is 1. The van der Waals surface area contributed by atoms with Crippen molar-refractivity contribution in [3.8, 4) is 5.69 Å². The van der Waals surface area contributed by atoms with Crippen molar-refractivity contribution in [2.24, 2.45) is 0 Å². The van der Waals surface area contributed by atoms with Gasteiger partial charge in [-0.1, -0.05) is 17.8 Å². The molecule has 30 heavy (non-hydrogen) atoms. The molecular weight excluding hydrogens is 426 g/mol. The first-order chi connectivity index (χ1) is 14.4. The van der Waals surface area contributed by atoms with Gasteiger partial charge in [0.05, 0.1) is 11.4 Å². The fraction of sp³-hybridized carbons (Fsp3) is 0.316. The topological polar surface area (TPSA) is 110 Å². The summed E-state index contributed by atoms with van der Waals surface area (Å²) in [6.45, 7) is 2.52. The Morgan fingerprint density at radius 2 is 2.03 bits per heavy atom. The van der Waals surface area contributed by atoms with Crippen molar-refractivity contribution in [3.05, 3.63) is 48.5 Å². The molecule has 4 rings (SSSR count). The van der Waals surface area contributed by atoms with Gasteiger partial charge >= 0.3 is 0 Å². The number of carbonyl (C=O) groups is 1. The molecule has 0 atom stereocenters. The molecule has 1 aliphatic heterocycles. The Morgan fingerprint density at radius 3 is 2.80 bits per heavy atom. The van der Waals surface area contributed by atoms with Crippen LogP contribution in [0.25, 0.3) is 5.69 Å². The van der Waals surface area contributed by atoms with Crippen LogP contribution in [0.15, 0.2) is 57.4 Å². The van der Waals surface area contributed by atoms with Gasteiger partial charge in [0.2, 0.25) is 11.0 Å². The van der Waals surface area contributed by atoms with Crippen molar-refractivity contribution in [2.45, 2.75) is 35.8 Å². The molecule has 3 heterocycles. The van der Waals surface area contributed by atoms with Crippen LogP contribution in [-0.2, 0) is 20.6 Å². The highest BCUT2D eigenvalue weighted by molar-refractivity contribution is 7.98. The maximum absolute atomic E-state index is 12.6. The van der Waals surface area contributed by atoms with Crippen molar-refractivity contribution in [1.82, 2.24) is 19.1 Å². The molecule has 3 aromatic rings. The number of nitrogens with zero attached hydrogens (tertiary/aromatic N) is 4. The van der Waals surface area contributed by atoms with Crippen LogP contribution in [-0.4, -0.2) is 46.5 Å². The smallest absolute Gasteiger partial charge is 0.276 e. The van der Waals surface area contributed by atoms with Gasteiger partial charge in [0, 0.05) is 25.7 Å². The quantitative estimate of drug-likeness (QED) is 0.555. The maximum atomic E-state index is 12.6. The van der Waals surface area contributed by atoms with E-state index in [0.717, 1.165) is 18.5 Å². The lowest BCUT2D eigenvalue weighted by Crippen LogP contribution is -2.27. The van der Waals surface area contributed by atoms with E-state index in [9.17, 15) is 13.2 Å². The predicted molar refractivity (Wildman–Crippen MR) is 112 cm³/mol. The Balaban J connectivity index is 1.47. The van der Waals surface area contributed by atoms with Gasteiger partial charge in [-0.25, -0.2) is 8.42 Å². The molecule has 1 N–H and O–H groups in total. The molecule has 0 spiro atoms. The fourth-order valence-electron chi connectivity index (χ4n) is 3.20. The van der Waals surface area contributed by atoms with Crippen LogP contribution >= 0.6 is 11.8 Å². The molecule has 0 radical (unpaired) electrons. The SMILES string of the molecule is CC(=O)Nc1cccc(-n2cnnc2SCc2ccc(S(=O)(=O)N3CCCC3)o2)c1. The summed E-state index contributed by atoms with van der Waals surface area (Å²) in [4.78, 5) is 11.3. The Bertz CT molecular complexity index is 1150. The molecule has 2 aromatic heterocycles. The van der Waals surface area contributed by atoms with E-state index < -0.39 is 10.0 Å². The monoisotopic (exact) mass is 447 g/mol. The first kappa shape index (κ1) is 20.6. The van der Waals surface area contributed by atoms with Gasteiger partial charge in [-0.2, -0.15) is 4.31 Å². The lowest BCUT2D eigenvalue weighted by atomic mass is 10.2. The molecule has 11 heteroatoms. The summed E-state index contributed by atoms with van der Waals surface area (Å²) in [7, 11) is -3.57. The minimum Gasteiger partial charge on any atom is -0.447 e. The summed E-state index contributed by atoms with van der Waals surface area (Å²) in [5.74, 6) is 0.793. The summed E-state index contributed by atoms with van der Waals surface area (Å²) in [5, 5.41) is 11.5. The molecule has 0 bridgehead atoms. The number of furan rings is 1. The van der Waals surface area contributed by atoms with Gasteiger partial charge in [0.25, 0.3) is 10.0 Å². The zero-order valence-corrected chi connectivity index (χ0v) is 17.9. The van der Waals surface area contributed by atoms with Gasteiger partial charge in [0.1, 0.15) is 12.1 Å². The molecular formula is C19H21N5O4S2. The normalized spacial score (nSPS) is 14.8. The second-order valence-corrected chi connectivity index (χ2v) is 9.65. The van der Waals surface area contributed by atoms with Crippen molar-refractivity contribution < 1.29 is 17.6 Å². The largest absolute Gasteiger partial charge is 0.447 e. The van der Waals surface area contributed by atoms with Crippen molar-refractivity contribution in [1.29, 1.82) is 0 Å². The van der Waals surface area contributed by atoms with Gasteiger partial charge in [-0.05, 0) is 43.2 Å². The average molecular weight is 448 g/mol. The van der Waals surface area contributed by atoms with Gasteiger partial charge in [0.15, 0.2) is 5.16 Å². The van der Waals surface area contributed by atoms with E-state index >= 15 is 0 Å². The predicted octanol–water partition coefficient (Wildman–Crippen LogP) is 2.90. The first-order valence-corrected chi connectivity index (χ1v) is 11.9. The zero-order valence-electron chi connectivity index (χ0n) is 16.3. The maximum Gasteiger partial charge on any atom is 0.276 e. The second kappa shape index (κ2) is 8.62. The Morgan fingerprint density at radius 1 is 1.23 bits per heavy atom. The van der Waals surface area contributed by atoms with Gasteiger partial charge < -0.3 is 9.73 Å². The van der Waals surface area contributed by atoms with Crippen LogP contribution in [0, 0.1) is 0 Å². The van der Waals surface area contributed by atoms with E-state index in [2.05, 4.69) is 15.5 Å². The summed E-state index contributed by atoms with van der Waals surface area (Å²) < 4.78 is 34.1. The highest BCUT2D eigenvalue weighted by Crippen LogP contribution is 2.28. The number of hydrogen-bond acceptors (Lipinski definition) is 7. The molecule has 0 saturated carbocycles. The number of carbonyl (C=O) groups excluding carboxylic acids is 1. The third kappa shape index (κ3) is 4.42. The number of benzene rings is 1. The van der Waals surface area contributed by atoms with Crippen molar-refractivity contribution >= 4 is 33.4 Å². The van der Waals surface area contributed by atoms with E-state index in [1.165, 1.54) is 29.1 Å². The number of nitrogens with one attached hydrogen (secondary N) is 1. The second-order valence-electron chi connectivity index (χ2n) is 6.84. The fourth-order valence-corrected chi connectivity index (χ4v) is 5.47. The van der Waals surface area contributed by atoms with Crippen molar-refractivity contribution in [3.63, 3.8) is 0 Å². The van der Waals surface area contributed by atoms with Crippen LogP contribution < -0.4 is 5.32 Å². The zero-order chi connectivity index (χ0) is 21.1. The van der Waals surface area contributed by atoms with E-state index in [1.54, 1.807) is 23.0 Å². The lowest BCUT2D eigenvalue weighted by Gasteiger charge is -2.12. The molecule has 1 aromatic carbocycles. The molecule has 1 fully saturated rings. The summed E-state index contributed by atoms with van der Waals surface area (Å²) in [6, 6.07) is 10.5. The first-order valence-electron chi connectivity index (χ1n) is 9.43. The number of aromatic nitrogens is 3. The number of amides is 1. The molecule has 0 unspecified atom stereocenters. The minimum atomic E-state index is -3.57. The number of hydrogen-bond donors (Lipinski definition) is 1. The van der Waals surface area contributed by atoms with Crippen LogP contribution in [0.1, 0.15) is 25.5 Å². The number of rotatable bonds is 7. The highest BCUT2D eigenvalue weighted by Gasteiger charge is 2.30. The average Bonchev–Trinajstić information content (AvgIpc) is 3.48. The molecule has 1 amide bonds. The number of sulfonamides is 1. The van der Waals surface area contributed by atoms with E-state index in [-0.39, 0.29) is 11.0 Å². The lowest BCUT2D eigenvalue weighted by molar-refractivity contribution is -0.114. The number of anilines is 1. The molecule has 158 valence electrons. The van der Waals surface area contributed by atoms with E-state index in [1.807, 2.05) is 18.2 Å². The van der Waals surface area contributed by atoms with E-state index in [0.29, 0.717) is 35.4 Å². The third-order valence-corrected chi connectivity index (χ3v) is 7.34. The summed E-state index contributed by atoms with van der Waals surface area (Å²) in [6.07, 6.45) is 3.34. The van der Waals surface area contributed by atoms with E-state index in [4.69, 9.17) is 4.42 Å². The summed E-state index contributed by atoms with van der Waals surface area (Å²) in [5.41, 5.74) is 1.47. The van der Waals surface area contributed by atoms with Crippen LogP contribution in [0.3, 0.4) is 0 Å². The van der Waals surface area contributed by atoms with Gasteiger partial charge in [-0.3, -0.25) is 9.36 Å². The Labute approximate surface area is 178 Å². The van der Waals surface area contributed by atoms with Crippen LogP contribution in [0.2, 0.25) is 0 Å². The minimum absolute atomic E-state index is 0.0236. The highest BCUT2D eigenvalue weighted by atomic mass is 32.2. The molecule has 1 aliphatic rings. The molecule has 0 aliphatic carbocycles. The standard InChI is InChI=1S/C19H21N5O4S2/c1-14(25)21-15-5-4-6-16(11-15)24-13-20-22-19(24)29-12-17-7-8-18(28-17)30(26,27)23-9-2-3-10-23/h4-8,11,13H,2-3,9-10,12H2,1H3,(H,21,25). The Kier molecular flexibility index (Phi) is 5.93. The molecule has 1 saturated heterocycles. The molecule has 9 nitrogen and oxygen atoms in total. The van der Waals surface area contributed by atoms with Crippen LogP contribution in [0.5, 0.6) is 0 Å². The Hall–Kier alpha value is -2.63. The van der Waals surface area contributed by atoms with Gasteiger partial charge in [-0.15, -0.1) is 10.2 Å². The van der Waals surface area contributed by atoms with Crippen LogP contribution in [0.4, 0.5) is 5.69 Å². The third-order valence-electron chi connectivity index (χ3n) is 4.60.